The van der Waals surface area contributed by atoms with Crippen molar-refractivity contribution < 1.29 is 19.2 Å². The molecule has 0 amide bonds. The summed E-state index contributed by atoms with van der Waals surface area (Å²) in [7, 11) is 0. The highest BCUT2D eigenvalue weighted by Crippen LogP contribution is 2.31. The molecular weight excluding hydrogens is 398 g/mol. The largest absolute Gasteiger partial charge is 0.462 e. The van der Waals surface area contributed by atoms with Crippen LogP contribution >= 0.6 is 11.3 Å². The van der Waals surface area contributed by atoms with Crippen molar-refractivity contribution in [3.05, 3.63) is 51.8 Å². The number of Topliss-reactive ketones (excluding diaryl/α,β-unsaturated/α-hetero) is 1. The van der Waals surface area contributed by atoms with Gasteiger partial charge in [-0.3, -0.25) is 4.79 Å². The minimum Gasteiger partial charge on any atom is -0.462 e. The quantitative estimate of drug-likeness (QED) is 0.469. The van der Waals surface area contributed by atoms with E-state index in [-0.39, 0.29) is 5.78 Å². The number of carbonyl (C=O) groups is 2. The smallest absolute Gasteiger partial charge is 0.340 e. The van der Waals surface area contributed by atoms with Gasteiger partial charge in [0.25, 0.3) is 0 Å². The number of thiazole rings is 1. The molecule has 7 heteroatoms. The molecule has 0 spiro atoms. The Hall–Kier alpha value is -2.51. The van der Waals surface area contributed by atoms with Crippen LogP contribution in [0.3, 0.4) is 0 Å². The number of H-pyrrole nitrogens is 1. The van der Waals surface area contributed by atoms with Gasteiger partial charge in [0, 0.05) is 30.1 Å². The summed E-state index contributed by atoms with van der Waals surface area (Å²) >= 11 is 1.79. The fraction of sp³-hybridized carbons (Fsp3) is 0.435. The van der Waals surface area contributed by atoms with Crippen LogP contribution < -0.4 is 4.90 Å². The van der Waals surface area contributed by atoms with Crippen molar-refractivity contribution >= 4 is 33.3 Å². The molecule has 6 nitrogen and oxygen atoms in total. The van der Waals surface area contributed by atoms with E-state index in [1.807, 2.05) is 19.9 Å². The fourth-order valence-corrected chi connectivity index (χ4v) is 5.55. The van der Waals surface area contributed by atoms with Crippen molar-refractivity contribution in [3.8, 4) is 0 Å². The first-order valence-corrected chi connectivity index (χ1v) is 11.4. The van der Waals surface area contributed by atoms with Crippen molar-refractivity contribution in [2.45, 2.75) is 39.5 Å². The third-order valence-corrected chi connectivity index (χ3v) is 7.10. The Kier molecular flexibility index (Phi) is 6.01. The molecule has 2 N–H and O–H groups in total. The van der Waals surface area contributed by atoms with Crippen molar-refractivity contribution in [3.63, 3.8) is 0 Å². The fourth-order valence-electron chi connectivity index (χ4n) is 4.42. The molecule has 0 bridgehead atoms. The Balaban J connectivity index is 1.42. The van der Waals surface area contributed by atoms with Gasteiger partial charge in [0.2, 0.25) is 5.78 Å². The van der Waals surface area contributed by atoms with E-state index in [0.29, 0.717) is 35.9 Å². The van der Waals surface area contributed by atoms with Gasteiger partial charge in [-0.2, -0.15) is 0 Å². The summed E-state index contributed by atoms with van der Waals surface area (Å²) in [6, 6.07) is 8.27. The second kappa shape index (κ2) is 8.70. The van der Waals surface area contributed by atoms with E-state index >= 15 is 0 Å². The van der Waals surface area contributed by atoms with Crippen LogP contribution in [-0.4, -0.2) is 48.0 Å². The predicted octanol–water partition coefficient (Wildman–Crippen LogP) is 3.06. The first-order chi connectivity index (χ1) is 14.5. The Bertz CT molecular complexity index is 1040. The molecule has 0 saturated carbocycles. The van der Waals surface area contributed by atoms with Gasteiger partial charge in [-0.25, -0.2) is 9.78 Å². The van der Waals surface area contributed by atoms with E-state index in [4.69, 9.17) is 9.72 Å². The summed E-state index contributed by atoms with van der Waals surface area (Å²) < 4.78 is 6.41. The number of aromatic amines is 1. The Labute approximate surface area is 180 Å². The van der Waals surface area contributed by atoms with Crippen LogP contribution in [-0.2, 0) is 4.74 Å². The number of benzene rings is 1. The van der Waals surface area contributed by atoms with E-state index in [1.54, 1.807) is 18.3 Å². The molecule has 1 fully saturated rings. The highest BCUT2D eigenvalue weighted by Gasteiger charge is 2.31. The monoisotopic (exact) mass is 426 g/mol. The molecule has 4 rings (SSSR count). The van der Waals surface area contributed by atoms with Crippen LogP contribution in [0.1, 0.15) is 62.8 Å². The summed E-state index contributed by atoms with van der Waals surface area (Å²) in [6.07, 6.45) is 2.05. The number of ether oxygens (including phenoxy) is 1. The Morgan fingerprint density at radius 3 is 2.57 bits per heavy atom. The average Bonchev–Trinajstić information content (AvgIpc) is 3.28. The second-order valence-corrected chi connectivity index (χ2v) is 9.05. The number of nitrogens with one attached hydrogen (secondary N) is 2. The minimum atomic E-state index is -0.424. The van der Waals surface area contributed by atoms with Crippen LogP contribution in [0.5, 0.6) is 0 Å². The number of carbonyl (C=O) groups excluding carboxylic acids is 2. The zero-order valence-corrected chi connectivity index (χ0v) is 18.5. The summed E-state index contributed by atoms with van der Waals surface area (Å²) in [5.41, 5.74) is 3.39. The lowest BCUT2D eigenvalue weighted by atomic mass is 9.96. The molecule has 0 unspecified atom stereocenters. The van der Waals surface area contributed by atoms with Gasteiger partial charge < -0.3 is 14.6 Å². The summed E-state index contributed by atoms with van der Waals surface area (Å²) in [5, 5.41) is 1.21. The van der Waals surface area contributed by atoms with Crippen molar-refractivity contribution in [2.75, 3.05) is 26.2 Å². The zero-order chi connectivity index (χ0) is 21.3. The first kappa shape index (κ1) is 20.8. The highest BCUT2D eigenvalue weighted by molar-refractivity contribution is 7.18. The number of aromatic nitrogens is 2. The number of fused-ring (bicyclic) bond motifs is 1. The zero-order valence-electron chi connectivity index (χ0n) is 17.7. The lowest BCUT2D eigenvalue weighted by Crippen LogP contribution is -3.13. The number of likely N-dealkylation sites (tertiary alicyclic amines) is 1. The van der Waals surface area contributed by atoms with Gasteiger partial charge in [0.1, 0.15) is 6.54 Å². The number of quaternary nitrogens is 1. The maximum atomic E-state index is 13.1. The number of rotatable bonds is 6. The third-order valence-electron chi connectivity index (χ3n) is 5.90. The van der Waals surface area contributed by atoms with E-state index in [9.17, 15) is 9.59 Å². The second-order valence-electron chi connectivity index (χ2n) is 7.99. The summed E-state index contributed by atoms with van der Waals surface area (Å²) in [5.74, 6) is 0.0492. The molecule has 1 aliphatic rings. The van der Waals surface area contributed by atoms with Gasteiger partial charge in [0.15, 0.2) is 0 Å². The maximum absolute atomic E-state index is 13.1. The van der Waals surface area contributed by atoms with Gasteiger partial charge in [0.05, 0.1) is 46.0 Å². The molecule has 158 valence electrons. The number of nitrogens with zero attached hydrogens (tertiary/aromatic N) is 1. The number of esters is 1. The molecule has 1 aromatic carbocycles. The molecule has 0 atom stereocenters. The average molecular weight is 427 g/mol. The number of ketones is 1. The third kappa shape index (κ3) is 4.04. The maximum Gasteiger partial charge on any atom is 0.340 e. The topological polar surface area (TPSA) is 76.5 Å². The van der Waals surface area contributed by atoms with Crippen molar-refractivity contribution in [1.29, 1.82) is 0 Å². The summed E-state index contributed by atoms with van der Waals surface area (Å²) in [6.45, 7) is 7.99. The lowest BCUT2D eigenvalue weighted by Gasteiger charge is -2.27. The normalized spacial score (nSPS) is 19.2. The molecule has 2 aromatic heterocycles. The molecule has 0 radical (unpaired) electrons. The number of aryl methyl sites for hydroxylation is 2. The van der Waals surface area contributed by atoms with E-state index in [1.165, 1.54) is 14.6 Å². The van der Waals surface area contributed by atoms with Gasteiger partial charge in [-0.1, -0.05) is 12.1 Å². The number of piperidine rings is 1. The molecule has 1 saturated heterocycles. The molecule has 1 aliphatic heterocycles. The molecule has 3 aromatic rings. The van der Waals surface area contributed by atoms with Crippen LogP contribution in [0.4, 0.5) is 0 Å². The molecular formula is C23H28N3O3S+. The molecule has 30 heavy (non-hydrogen) atoms. The Morgan fingerprint density at radius 1 is 1.17 bits per heavy atom. The van der Waals surface area contributed by atoms with Gasteiger partial charge in [-0.05, 0) is 32.9 Å². The van der Waals surface area contributed by atoms with Gasteiger partial charge >= 0.3 is 5.97 Å². The van der Waals surface area contributed by atoms with Gasteiger partial charge in [-0.15, -0.1) is 11.3 Å². The van der Waals surface area contributed by atoms with Crippen LogP contribution in [0.2, 0.25) is 0 Å². The predicted molar refractivity (Wildman–Crippen MR) is 118 cm³/mol. The standard InChI is InChI=1S/C23H27N3O3S/c1-4-29-23(28)21-15(3)24-14(2)20(21)18(27)13-26-11-9-16(10-12-26)22-25-17-7-5-6-8-19(17)30-22/h5-8,16,24H,4,9-13H2,1-3H3/p+1. The van der Waals surface area contributed by atoms with Crippen LogP contribution in [0.15, 0.2) is 24.3 Å². The van der Waals surface area contributed by atoms with Crippen molar-refractivity contribution in [2.24, 2.45) is 0 Å². The summed E-state index contributed by atoms with van der Waals surface area (Å²) in [4.78, 5) is 34.7. The Morgan fingerprint density at radius 2 is 1.87 bits per heavy atom. The van der Waals surface area contributed by atoms with Crippen LogP contribution in [0, 0.1) is 13.8 Å². The van der Waals surface area contributed by atoms with E-state index in [0.717, 1.165) is 37.1 Å². The number of hydrogen-bond donors (Lipinski definition) is 2. The lowest BCUT2D eigenvalue weighted by molar-refractivity contribution is -0.896. The number of para-hydroxylation sites is 1. The first-order valence-electron chi connectivity index (χ1n) is 10.6. The molecule has 0 aliphatic carbocycles. The van der Waals surface area contributed by atoms with E-state index in [2.05, 4.69) is 23.2 Å². The molecule has 3 heterocycles. The SMILES string of the molecule is CCOC(=O)c1c(C)[nH]c(C)c1C(=O)C[NH+]1CCC(c2nc3ccccc3s2)CC1. The highest BCUT2D eigenvalue weighted by atomic mass is 32.1. The number of hydrogen-bond acceptors (Lipinski definition) is 5. The minimum absolute atomic E-state index is 0.00772. The van der Waals surface area contributed by atoms with E-state index < -0.39 is 5.97 Å². The van der Waals surface area contributed by atoms with Crippen molar-refractivity contribution in [1.82, 2.24) is 9.97 Å². The van der Waals surface area contributed by atoms with Crippen LogP contribution in [0.25, 0.3) is 10.2 Å².